The summed E-state index contributed by atoms with van der Waals surface area (Å²) in [5.41, 5.74) is 1.21. The van der Waals surface area contributed by atoms with E-state index < -0.39 is 0 Å². The molecule has 0 aromatic heterocycles. The summed E-state index contributed by atoms with van der Waals surface area (Å²) in [6, 6.07) is 4.80. The second kappa shape index (κ2) is 6.18. The minimum Gasteiger partial charge on any atom is -0.489 e. The number of ether oxygens (including phenoxy) is 1. The van der Waals surface area contributed by atoms with Gasteiger partial charge in [0.15, 0.2) is 0 Å². The molecular formula is C12H15Br2NO2. The standard InChI is InChI=1S/C12H15Br2NO2/c13-10-5-8(7-15-9-1-2-9)6-11(14)12(10)17-4-3-16/h5-6,9,15-16H,1-4,7H2. The van der Waals surface area contributed by atoms with Crippen molar-refractivity contribution in [2.24, 2.45) is 0 Å². The van der Waals surface area contributed by atoms with Crippen LogP contribution in [-0.4, -0.2) is 24.4 Å². The van der Waals surface area contributed by atoms with E-state index in [1.54, 1.807) is 0 Å². The number of benzene rings is 1. The van der Waals surface area contributed by atoms with Gasteiger partial charge in [-0.25, -0.2) is 0 Å². The predicted octanol–water partition coefficient (Wildman–Crippen LogP) is 2.83. The Morgan fingerprint density at radius 1 is 1.29 bits per heavy atom. The molecule has 1 aliphatic rings. The molecule has 0 amide bonds. The third-order valence-electron chi connectivity index (χ3n) is 2.57. The third-order valence-corrected chi connectivity index (χ3v) is 3.75. The maximum absolute atomic E-state index is 8.75. The number of rotatable bonds is 6. The number of aliphatic hydroxyl groups excluding tert-OH is 1. The van der Waals surface area contributed by atoms with E-state index >= 15 is 0 Å². The van der Waals surface area contributed by atoms with Gasteiger partial charge in [-0.2, -0.15) is 0 Å². The molecule has 0 heterocycles. The van der Waals surface area contributed by atoms with E-state index in [1.807, 2.05) is 12.1 Å². The van der Waals surface area contributed by atoms with Crippen molar-refractivity contribution >= 4 is 31.9 Å². The topological polar surface area (TPSA) is 41.5 Å². The highest BCUT2D eigenvalue weighted by Gasteiger charge is 2.20. The van der Waals surface area contributed by atoms with E-state index in [1.165, 1.54) is 18.4 Å². The van der Waals surface area contributed by atoms with Gasteiger partial charge in [0.25, 0.3) is 0 Å². The van der Waals surface area contributed by atoms with Crippen LogP contribution in [0.5, 0.6) is 5.75 Å². The zero-order chi connectivity index (χ0) is 12.3. The summed E-state index contributed by atoms with van der Waals surface area (Å²) in [5, 5.41) is 12.2. The van der Waals surface area contributed by atoms with Crippen LogP contribution in [0.3, 0.4) is 0 Å². The number of hydrogen-bond donors (Lipinski definition) is 2. The number of halogens is 2. The molecule has 0 aliphatic heterocycles. The van der Waals surface area contributed by atoms with Gasteiger partial charge in [0.1, 0.15) is 12.4 Å². The molecule has 0 unspecified atom stereocenters. The molecular weight excluding hydrogens is 350 g/mol. The first-order valence-corrected chi connectivity index (χ1v) is 7.24. The third kappa shape index (κ3) is 3.95. The fourth-order valence-corrected chi connectivity index (χ4v) is 3.06. The molecule has 1 aromatic rings. The van der Waals surface area contributed by atoms with Crippen LogP contribution in [0.1, 0.15) is 18.4 Å². The quantitative estimate of drug-likeness (QED) is 0.815. The lowest BCUT2D eigenvalue weighted by Gasteiger charge is -2.11. The summed E-state index contributed by atoms with van der Waals surface area (Å²) in [4.78, 5) is 0. The lowest BCUT2D eigenvalue weighted by atomic mass is 10.2. The van der Waals surface area contributed by atoms with Crippen LogP contribution in [0.2, 0.25) is 0 Å². The maximum atomic E-state index is 8.75. The Balaban J connectivity index is 2.03. The first-order chi connectivity index (χ1) is 8.20. The number of hydrogen-bond acceptors (Lipinski definition) is 3. The summed E-state index contributed by atoms with van der Waals surface area (Å²) in [6.07, 6.45) is 2.58. The smallest absolute Gasteiger partial charge is 0.147 e. The van der Waals surface area contributed by atoms with Crippen molar-refractivity contribution in [2.75, 3.05) is 13.2 Å². The van der Waals surface area contributed by atoms with Crippen LogP contribution in [0, 0.1) is 0 Å². The molecule has 3 nitrogen and oxygen atoms in total. The van der Waals surface area contributed by atoms with Crippen molar-refractivity contribution in [3.8, 4) is 5.75 Å². The van der Waals surface area contributed by atoms with Crippen molar-refractivity contribution in [3.05, 3.63) is 26.6 Å². The van der Waals surface area contributed by atoms with Crippen molar-refractivity contribution in [1.29, 1.82) is 0 Å². The van der Waals surface area contributed by atoms with Gasteiger partial charge in [-0.1, -0.05) is 0 Å². The second-order valence-corrected chi connectivity index (χ2v) is 5.82. The first kappa shape index (κ1) is 13.3. The molecule has 0 radical (unpaired) electrons. The first-order valence-electron chi connectivity index (χ1n) is 5.65. The average molecular weight is 365 g/mol. The SMILES string of the molecule is OCCOc1c(Br)cc(CNC2CC2)cc1Br. The lowest BCUT2D eigenvalue weighted by Crippen LogP contribution is -2.15. The van der Waals surface area contributed by atoms with Crippen LogP contribution >= 0.6 is 31.9 Å². The van der Waals surface area contributed by atoms with Gasteiger partial charge < -0.3 is 15.2 Å². The molecule has 5 heteroatoms. The number of aliphatic hydroxyl groups is 1. The minimum atomic E-state index is 0.0177. The van der Waals surface area contributed by atoms with E-state index in [4.69, 9.17) is 9.84 Å². The summed E-state index contributed by atoms with van der Waals surface area (Å²) in [5.74, 6) is 0.745. The molecule has 0 saturated heterocycles. The fourth-order valence-electron chi connectivity index (χ4n) is 1.55. The minimum absolute atomic E-state index is 0.0177. The van der Waals surface area contributed by atoms with Crippen LogP contribution in [-0.2, 0) is 6.54 Å². The monoisotopic (exact) mass is 363 g/mol. The Kier molecular flexibility index (Phi) is 4.85. The van der Waals surface area contributed by atoms with Crippen LogP contribution < -0.4 is 10.1 Å². The summed E-state index contributed by atoms with van der Waals surface area (Å²) >= 11 is 6.97. The van der Waals surface area contributed by atoms with Gasteiger partial charge in [-0.05, 0) is 62.4 Å². The molecule has 0 spiro atoms. The fraction of sp³-hybridized carbons (Fsp3) is 0.500. The molecule has 1 aliphatic carbocycles. The highest BCUT2D eigenvalue weighted by Crippen LogP contribution is 2.35. The molecule has 1 saturated carbocycles. The van der Waals surface area contributed by atoms with Gasteiger partial charge in [-0.3, -0.25) is 0 Å². The van der Waals surface area contributed by atoms with E-state index in [-0.39, 0.29) is 6.61 Å². The molecule has 94 valence electrons. The summed E-state index contributed by atoms with van der Waals surface area (Å²) in [6.45, 7) is 1.20. The van der Waals surface area contributed by atoms with Crippen LogP contribution in [0.15, 0.2) is 21.1 Å². The molecule has 1 aromatic carbocycles. The molecule has 0 atom stereocenters. The molecule has 2 rings (SSSR count). The zero-order valence-electron chi connectivity index (χ0n) is 9.38. The van der Waals surface area contributed by atoms with E-state index in [0.29, 0.717) is 12.6 Å². The van der Waals surface area contributed by atoms with E-state index in [9.17, 15) is 0 Å². The maximum Gasteiger partial charge on any atom is 0.147 e. The van der Waals surface area contributed by atoms with E-state index in [2.05, 4.69) is 37.2 Å². The normalized spacial score (nSPS) is 15.0. The van der Waals surface area contributed by atoms with Crippen molar-refractivity contribution < 1.29 is 9.84 Å². The van der Waals surface area contributed by atoms with Crippen molar-refractivity contribution in [2.45, 2.75) is 25.4 Å². The zero-order valence-corrected chi connectivity index (χ0v) is 12.6. The lowest BCUT2D eigenvalue weighted by molar-refractivity contribution is 0.200. The Bertz CT molecular complexity index is 371. The Morgan fingerprint density at radius 2 is 1.94 bits per heavy atom. The summed E-state index contributed by atoms with van der Waals surface area (Å²) in [7, 11) is 0. The second-order valence-electron chi connectivity index (χ2n) is 4.12. The van der Waals surface area contributed by atoms with Crippen LogP contribution in [0.25, 0.3) is 0 Å². The molecule has 2 N–H and O–H groups in total. The highest BCUT2D eigenvalue weighted by atomic mass is 79.9. The van der Waals surface area contributed by atoms with Gasteiger partial charge in [0, 0.05) is 12.6 Å². The average Bonchev–Trinajstić information content (AvgIpc) is 3.09. The van der Waals surface area contributed by atoms with Crippen LogP contribution in [0.4, 0.5) is 0 Å². The van der Waals surface area contributed by atoms with Gasteiger partial charge >= 0.3 is 0 Å². The molecule has 17 heavy (non-hydrogen) atoms. The largest absolute Gasteiger partial charge is 0.489 e. The van der Waals surface area contributed by atoms with Crippen molar-refractivity contribution in [1.82, 2.24) is 5.32 Å². The Morgan fingerprint density at radius 3 is 2.47 bits per heavy atom. The van der Waals surface area contributed by atoms with Gasteiger partial charge in [-0.15, -0.1) is 0 Å². The summed E-state index contributed by atoms with van der Waals surface area (Å²) < 4.78 is 7.27. The highest BCUT2D eigenvalue weighted by molar-refractivity contribution is 9.11. The van der Waals surface area contributed by atoms with Gasteiger partial charge in [0.05, 0.1) is 15.6 Å². The van der Waals surface area contributed by atoms with Crippen molar-refractivity contribution in [3.63, 3.8) is 0 Å². The van der Waals surface area contributed by atoms with Gasteiger partial charge in [0.2, 0.25) is 0 Å². The molecule has 1 fully saturated rings. The predicted molar refractivity (Wildman–Crippen MR) is 74.3 cm³/mol. The Labute approximate surface area is 118 Å². The number of nitrogens with one attached hydrogen (secondary N) is 1. The van der Waals surface area contributed by atoms with E-state index in [0.717, 1.165) is 21.2 Å². The Hall–Kier alpha value is -0.100. The molecule has 0 bridgehead atoms.